The molecule has 0 aliphatic carbocycles. The molecule has 2 aromatic carbocycles. The van der Waals surface area contributed by atoms with E-state index in [2.05, 4.69) is 10.4 Å². The number of hydrogen-bond acceptors (Lipinski definition) is 2. The van der Waals surface area contributed by atoms with Crippen molar-refractivity contribution in [3.05, 3.63) is 78.1 Å². The normalized spacial score (nSPS) is 11.3. The standard InChI is InChI=1S/C17H12F3N3O/c18-17(19,20)14-8-4-5-9-15(14)22-16(24)12-10-21-23(11-12)13-6-2-1-3-7-13/h1-11H,(H,22,24). The van der Waals surface area contributed by atoms with Crippen LogP contribution in [0.1, 0.15) is 15.9 Å². The number of alkyl halides is 3. The van der Waals surface area contributed by atoms with Gasteiger partial charge in [-0.05, 0) is 24.3 Å². The molecular formula is C17H12F3N3O. The molecule has 0 saturated carbocycles. The van der Waals surface area contributed by atoms with Crippen molar-refractivity contribution >= 4 is 11.6 Å². The number of nitrogens with zero attached hydrogens (tertiary/aromatic N) is 2. The Bertz CT molecular complexity index is 857. The molecule has 122 valence electrons. The van der Waals surface area contributed by atoms with Gasteiger partial charge in [-0.25, -0.2) is 4.68 Å². The van der Waals surface area contributed by atoms with Gasteiger partial charge in [0.25, 0.3) is 5.91 Å². The third-order valence-electron chi connectivity index (χ3n) is 3.35. The van der Waals surface area contributed by atoms with Crippen molar-refractivity contribution in [1.82, 2.24) is 9.78 Å². The lowest BCUT2D eigenvalue weighted by Crippen LogP contribution is -2.16. The summed E-state index contributed by atoms with van der Waals surface area (Å²) >= 11 is 0. The van der Waals surface area contributed by atoms with Gasteiger partial charge in [0.05, 0.1) is 28.7 Å². The van der Waals surface area contributed by atoms with E-state index < -0.39 is 17.6 Å². The van der Waals surface area contributed by atoms with E-state index in [0.717, 1.165) is 11.8 Å². The van der Waals surface area contributed by atoms with E-state index >= 15 is 0 Å². The number of carbonyl (C=O) groups excluding carboxylic acids is 1. The fraction of sp³-hybridized carbons (Fsp3) is 0.0588. The average Bonchev–Trinajstić information content (AvgIpc) is 3.05. The maximum atomic E-state index is 13.0. The molecule has 3 aromatic rings. The fourth-order valence-corrected chi connectivity index (χ4v) is 2.20. The van der Waals surface area contributed by atoms with Crippen LogP contribution in [0.25, 0.3) is 5.69 Å². The summed E-state index contributed by atoms with van der Waals surface area (Å²) in [7, 11) is 0. The number of nitrogens with one attached hydrogen (secondary N) is 1. The second kappa shape index (κ2) is 6.19. The Morgan fingerprint density at radius 2 is 1.67 bits per heavy atom. The van der Waals surface area contributed by atoms with E-state index in [9.17, 15) is 18.0 Å². The molecule has 0 fully saturated rings. The average molecular weight is 331 g/mol. The van der Waals surface area contributed by atoms with Crippen LogP contribution in [0.3, 0.4) is 0 Å². The van der Waals surface area contributed by atoms with Gasteiger partial charge in [-0.3, -0.25) is 4.79 Å². The highest BCUT2D eigenvalue weighted by Crippen LogP contribution is 2.34. The van der Waals surface area contributed by atoms with Gasteiger partial charge in [0.2, 0.25) is 0 Å². The van der Waals surface area contributed by atoms with E-state index in [1.807, 2.05) is 18.2 Å². The molecule has 1 N–H and O–H groups in total. The van der Waals surface area contributed by atoms with Crippen molar-refractivity contribution in [2.45, 2.75) is 6.18 Å². The smallest absolute Gasteiger partial charge is 0.321 e. The van der Waals surface area contributed by atoms with E-state index in [1.165, 1.54) is 35.3 Å². The van der Waals surface area contributed by atoms with Crippen LogP contribution in [-0.2, 0) is 6.18 Å². The van der Waals surface area contributed by atoms with E-state index in [1.54, 1.807) is 12.1 Å². The van der Waals surface area contributed by atoms with Crippen LogP contribution in [0, 0.1) is 0 Å². The highest BCUT2D eigenvalue weighted by molar-refractivity contribution is 6.04. The maximum Gasteiger partial charge on any atom is 0.418 e. The number of benzene rings is 2. The summed E-state index contributed by atoms with van der Waals surface area (Å²) in [4.78, 5) is 12.2. The van der Waals surface area contributed by atoms with Crippen molar-refractivity contribution in [2.24, 2.45) is 0 Å². The summed E-state index contributed by atoms with van der Waals surface area (Å²) in [5.41, 5.74) is -0.278. The number of amides is 1. The Labute approximate surface area is 135 Å². The van der Waals surface area contributed by atoms with Crippen molar-refractivity contribution in [2.75, 3.05) is 5.32 Å². The summed E-state index contributed by atoms with van der Waals surface area (Å²) < 4.78 is 40.4. The molecule has 0 saturated heterocycles. The minimum absolute atomic E-state index is 0.163. The highest BCUT2D eigenvalue weighted by Gasteiger charge is 2.33. The SMILES string of the molecule is O=C(Nc1ccccc1C(F)(F)F)c1cnn(-c2ccccc2)c1. The van der Waals surface area contributed by atoms with E-state index in [-0.39, 0.29) is 11.3 Å². The summed E-state index contributed by atoms with van der Waals surface area (Å²) in [6.45, 7) is 0. The van der Waals surface area contributed by atoms with Gasteiger partial charge in [-0.2, -0.15) is 18.3 Å². The lowest BCUT2D eigenvalue weighted by molar-refractivity contribution is -0.136. The van der Waals surface area contributed by atoms with Crippen LogP contribution >= 0.6 is 0 Å². The molecule has 0 aliphatic heterocycles. The minimum atomic E-state index is -4.54. The Kier molecular flexibility index (Phi) is 4.07. The van der Waals surface area contributed by atoms with Gasteiger partial charge >= 0.3 is 6.18 Å². The molecule has 4 nitrogen and oxygen atoms in total. The van der Waals surface area contributed by atoms with Gasteiger partial charge in [0, 0.05) is 6.20 Å². The molecule has 1 aromatic heterocycles. The van der Waals surface area contributed by atoms with Gasteiger partial charge in [0.15, 0.2) is 0 Å². The van der Waals surface area contributed by atoms with Crippen LogP contribution in [0.15, 0.2) is 67.0 Å². The predicted octanol–water partition coefficient (Wildman–Crippen LogP) is 4.14. The number of hydrogen-bond donors (Lipinski definition) is 1. The number of rotatable bonds is 3. The van der Waals surface area contributed by atoms with Crippen LogP contribution in [-0.4, -0.2) is 15.7 Å². The quantitative estimate of drug-likeness (QED) is 0.784. The zero-order valence-corrected chi connectivity index (χ0v) is 12.3. The number of anilines is 1. The second-order valence-corrected chi connectivity index (χ2v) is 5.01. The zero-order chi connectivity index (χ0) is 17.2. The largest absolute Gasteiger partial charge is 0.418 e. The monoisotopic (exact) mass is 331 g/mol. The molecule has 0 spiro atoms. The minimum Gasteiger partial charge on any atom is -0.321 e. The molecule has 0 unspecified atom stereocenters. The van der Waals surface area contributed by atoms with Crippen molar-refractivity contribution < 1.29 is 18.0 Å². The number of para-hydroxylation sites is 2. The Balaban J connectivity index is 1.83. The van der Waals surface area contributed by atoms with Crippen molar-refractivity contribution in [1.29, 1.82) is 0 Å². The van der Waals surface area contributed by atoms with Gasteiger partial charge in [-0.1, -0.05) is 30.3 Å². The molecule has 0 aliphatic rings. The fourth-order valence-electron chi connectivity index (χ4n) is 2.20. The van der Waals surface area contributed by atoms with Crippen molar-refractivity contribution in [3.8, 4) is 5.69 Å². The number of halogens is 3. The Morgan fingerprint density at radius 3 is 2.38 bits per heavy atom. The second-order valence-electron chi connectivity index (χ2n) is 5.01. The first-order valence-corrected chi connectivity index (χ1v) is 7.03. The summed E-state index contributed by atoms with van der Waals surface area (Å²) in [5, 5.41) is 6.34. The molecule has 0 bridgehead atoms. The predicted molar refractivity (Wildman–Crippen MR) is 83.0 cm³/mol. The molecule has 7 heteroatoms. The first kappa shape index (κ1) is 15.8. The lowest BCUT2D eigenvalue weighted by Gasteiger charge is -2.12. The van der Waals surface area contributed by atoms with Gasteiger partial charge in [0.1, 0.15) is 0 Å². The number of aromatic nitrogens is 2. The molecule has 24 heavy (non-hydrogen) atoms. The molecule has 3 rings (SSSR count). The van der Waals surface area contributed by atoms with Gasteiger partial charge in [-0.15, -0.1) is 0 Å². The van der Waals surface area contributed by atoms with Gasteiger partial charge < -0.3 is 5.32 Å². The molecule has 0 radical (unpaired) electrons. The first-order valence-electron chi connectivity index (χ1n) is 7.03. The van der Waals surface area contributed by atoms with Crippen LogP contribution in [0.4, 0.5) is 18.9 Å². The third-order valence-corrected chi connectivity index (χ3v) is 3.35. The topological polar surface area (TPSA) is 46.9 Å². The van der Waals surface area contributed by atoms with E-state index in [0.29, 0.717) is 0 Å². The summed E-state index contributed by atoms with van der Waals surface area (Å²) in [6.07, 6.45) is -1.78. The summed E-state index contributed by atoms with van der Waals surface area (Å²) in [5.74, 6) is -0.658. The van der Waals surface area contributed by atoms with Crippen LogP contribution < -0.4 is 5.32 Å². The lowest BCUT2D eigenvalue weighted by atomic mass is 10.1. The first-order chi connectivity index (χ1) is 11.4. The maximum absolute atomic E-state index is 13.0. The Hall–Kier alpha value is -3.09. The molecule has 1 amide bonds. The van der Waals surface area contributed by atoms with Crippen LogP contribution in [0.5, 0.6) is 0 Å². The molecule has 0 atom stereocenters. The highest BCUT2D eigenvalue weighted by atomic mass is 19.4. The molecule has 1 heterocycles. The van der Waals surface area contributed by atoms with Crippen LogP contribution in [0.2, 0.25) is 0 Å². The van der Waals surface area contributed by atoms with Crippen molar-refractivity contribution in [3.63, 3.8) is 0 Å². The Morgan fingerprint density at radius 1 is 1.00 bits per heavy atom. The zero-order valence-electron chi connectivity index (χ0n) is 12.3. The third kappa shape index (κ3) is 3.29. The van der Waals surface area contributed by atoms with E-state index in [4.69, 9.17) is 0 Å². The number of carbonyl (C=O) groups is 1. The molecular weight excluding hydrogens is 319 g/mol. The summed E-state index contributed by atoms with van der Waals surface area (Å²) in [6, 6.07) is 13.9.